The number of aromatic nitrogens is 2. The van der Waals surface area contributed by atoms with Crippen LogP contribution in [-0.2, 0) is 0 Å². The molecule has 3 rings (SSSR count). The Morgan fingerprint density at radius 1 is 1.29 bits per heavy atom. The average Bonchev–Trinajstić information content (AvgIpc) is 2.50. The molecule has 110 valence electrons. The lowest BCUT2D eigenvalue weighted by Crippen LogP contribution is -2.34. The largest absolute Gasteiger partial charge is 0.356 e. The van der Waals surface area contributed by atoms with E-state index in [1.165, 1.54) is 12.8 Å². The van der Waals surface area contributed by atoms with Crippen LogP contribution in [0.3, 0.4) is 0 Å². The number of anilines is 3. The summed E-state index contributed by atoms with van der Waals surface area (Å²) in [5, 5.41) is 3.85. The number of benzene rings is 1. The molecule has 1 aromatic carbocycles. The molecule has 4 nitrogen and oxygen atoms in total. The molecule has 1 aliphatic heterocycles. The van der Waals surface area contributed by atoms with Crippen LogP contribution in [0.1, 0.15) is 19.8 Å². The molecule has 0 bridgehead atoms. The minimum atomic E-state index is 0.582. The van der Waals surface area contributed by atoms with Gasteiger partial charge in [-0.3, -0.25) is 0 Å². The predicted octanol–water partition coefficient (Wildman–Crippen LogP) is 4.11. The SMILES string of the molecule is CC1CCCN(c2ccnc(Nc3ccccc3Cl)n2)C1. The molecule has 2 heterocycles. The van der Waals surface area contributed by atoms with Crippen LogP contribution in [0.4, 0.5) is 17.5 Å². The van der Waals surface area contributed by atoms with Crippen molar-refractivity contribution in [3.05, 3.63) is 41.6 Å². The van der Waals surface area contributed by atoms with Crippen LogP contribution in [0, 0.1) is 5.92 Å². The third-order valence-electron chi connectivity index (χ3n) is 3.74. The van der Waals surface area contributed by atoms with Crippen LogP contribution >= 0.6 is 11.6 Å². The molecule has 0 radical (unpaired) electrons. The summed E-state index contributed by atoms with van der Waals surface area (Å²) >= 11 is 6.15. The minimum absolute atomic E-state index is 0.582. The van der Waals surface area contributed by atoms with Crippen molar-refractivity contribution in [1.29, 1.82) is 0 Å². The first-order chi connectivity index (χ1) is 10.2. The zero-order valence-corrected chi connectivity index (χ0v) is 12.8. The zero-order chi connectivity index (χ0) is 14.7. The second-order valence-electron chi connectivity index (χ2n) is 5.54. The van der Waals surface area contributed by atoms with Gasteiger partial charge in [-0.25, -0.2) is 4.98 Å². The number of hydrogen-bond acceptors (Lipinski definition) is 4. The van der Waals surface area contributed by atoms with Crippen LogP contribution in [0.15, 0.2) is 36.5 Å². The Balaban J connectivity index is 1.78. The number of halogens is 1. The molecule has 0 spiro atoms. The van der Waals surface area contributed by atoms with Gasteiger partial charge in [0.1, 0.15) is 5.82 Å². The summed E-state index contributed by atoms with van der Waals surface area (Å²) in [5.74, 6) is 2.28. The van der Waals surface area contributed by atoms with E-state index in [0.29, 0.717) is 16.9 Å². The van der Waals surface area contributed by atoms with Crippen LogP contribution < -0.4 is 10.2 Å². The highest BCUT2D eigenvalue weighted by Gasteiger charge is 2.18. The fraction of sp³-hybridized carbons (Fsp3) is 0.375. The van der Waals surface area contributed by atoms with Crippen molar-refractivity contribution >= 4 is 29.1 Å². The number of hydrogen-bond donors (Lipinski definition) is 1. The van der Waals surface area contributed by atoms with Gasteiger partial charge in [0, 0.05) is 19.3 Å². The lowest BCUT2D eigenvalue weighted by Gasteiger charge is -2.31. The van der Waals surface area contributed by atoms with Gasteiger partial charge in [-0.15, -0.1) is 0 Å². The Morgan fingerprint density at radius 3 is 2.95 bits per heavy atom. The van der Waals surface area contributed by atoms with Gasteiger partial charge in [0.25, 0.3) is 0 Å². The van der Waals surface area contributed by atoms with Crippen molar-refractivity contribution in [2.75, 3.05) is 23.3 Å². The second kappa shape index (κ2) is 6.31. The highest BCUT2D eigenvalue weighted by Crippen LogP contribution is 2.25. The fourth-order valence-electron chi connectivity index (χ4n) is 2.67. The first-order valence-electron chi connectivity index (χ1n) is 7.32. The monoisotopic (exact) mass is 302 g/mol. The number of piperidine rings is 1. The van der Waals surface area contributed by atoms with Gasteiger partial charge in [0.05, 0.1) is 10.7 Å². The van der Waals surface area contributed by atoms with Gasteiger partial charge in [-0.1, -0.05) is 30.7 Å². The number of rotatable bonds is 3. The van der Waals surface area contributed by atoms with E-state index in [9.17, 15) is 0 Å². The maximum Gasteiger partial charge on any atom is 0.229 e. The van der Waals surface area contributed by atoms with Crippen molar-refractivity contribution < 1.29 is 0 Å². The molecule has 0 aliphatic carbocycles. The Kier molecular flexibility index (Phi) is 4.25. The molecule has 1 saturated heterocycles. The summed E-state index contributed by atoms with van der Waals surface area (Å²) in [4.78, 5) is 11.2. The van der Waals surface area contributed by atoms with Gasteiger partial charge < -0.3 is 10.2 Å². The van der Waals surface area contributed by atoms with Crippen molar-refractivity contribution in [1.82, 2.24) is 9.97 Å². The average molecular weight is 303 g/mol. The molecule has 0 amide bonds. The Bertz CT molecular complexity index is 617. The van der Waals surface area contributed by atoms with Crippen molar-refractivity contribution in [2.45, 2.75) is 19.8 Å². The molecular weight excluding hydrogens is 284 g/mol. The van der Waals surface area contributed by atoms with E-state index in [0.717, 1.165) is 24.6 Å². The molecule has 1 unspecified atom stereocenters. The maximum absolute atomic E-state index is 6.15. The van der Waals surface area contributed by atoms with E-state index in [1.807, 2.05) is 30.3 Å². The molecule has 0 saturated carbocycles. The van der Waals surface area contributed by atoms with Gasteiger partial charge in [-0.2, -0.15) is 4.98 Å². The smallest absolute Gasteiger partial charge is 0.229 e. The standard InChI is InChI=1S/C16H19ClN4/c1-12-5-4-10-21(11-12)15-8-9-18-16(20-15)19-14-7-3-2-6-13(14)17/h2-3,6-9,12H,4-5,10-11H2,1H3,(H,18,19,20). The number of nitrogens with one attached hydrogen (secondary N) is 1. The van der Waals surface area contributed by atoms with Crippen molar-refractivity contribution in [3.63, 3.8) is 0 Å². The first-order valence-corrected chi connectivity index (χ1v) is 7.70. The Hall–Kier alpha value is -1.81. The van der Waals surface area contributed by atoms with E-state index < -0.39 is 0 Å². The summed E-state index contributed by atoms with van der Waals surface area (Å²) in [5.41, 5.74) is 0.823. The van der Waals surface area contributed by atoms with E-state index in [-0.39, 0.29) is 0 Å². The number of nitrogens with zero attached hydrogens (tertiary/aromatic N) is 3. The number of para-hydroxylation sites is 1. The molecule has 21 heavy (non-hydrogen) atoms. The van der Waals surface area contributed by atoms with Gasteiger partial charge in [0.2, 0.25) is 5.95 Å². The van der Waals surface area contributed by atoms with Crippen molar-refractivity contribution in [3.8, 4) is 0 Å². The summed E-state index contributed by atoms with van der Waals surface area (Å²) in [6, 6.07) is 9.57. The van der Waals surface area contributed by atoms with E-state index in [2.05, 4.69) is 27.1 Å². The maximum atomic E-state index is 6.15. The van der Waals surface area contributed by atoms with Gasteiger partial charge >= 0.3 is 0 Å². The molecule has 1 N–H and O–H groups in total. The molecule has 1 aliphatic rings. The predicted molar refractivity (Wildman–Crippen MR) is 87.4 cm³/mol. The third-order valence-corrected chi connectivity index (χ3v) is 4.07. The summed E-state index contributed by atoms with van der Waals surface area (Å²) in [7, 11) is 0. The molecular formula is C16H19ClN4. The lowest BCUT2D eigenvalue weighted by atomic mass is 10.0. The summed E-state index contributed by atoms with van der Waals surface area (Å²) in [6.07, 6.45) is 4.31. The van der Waals surface area contributed by atoms with Crippen molar-refractivity contribution in [2.24, 2.45) is 5.92 Å². The van der Waals surface area contributed by atoms with Crippen LogP contribution in [0.5, 0.6) is 0 Å². The van der Waals surface area contributed by atoms with E-state index in [4.69, 9.17) is 11.6 Å². The molecule has 1 aromatic heterocycles. The topological polar surface area (TPSA) is 41.1 Å². The second-order valence-corrected chi connectivity index (χ2v) is 5.94. The van der Waals surface area contributed by atoms with Crippen LogP contribution in [-0.4, -0.2) is 23.1 Å². The molecule has 5 heteroatoms. The molecule has 1 fully saturated rings. The van der Waals surface area contributed by atoms with Gasteiger partial charge in [-0.05, 0) is 37.0 Å². The van der Waals surface area contributed by atoms with E-state index in [1.54, 1.807) is 6.20 Å². The Labute approximate surface area is 130 Å². The lowest BCUT2D eigenvalue weighted by molar-refractivity contribution is 0.444. The summed E-state index contributed by atoms with van der Waals surface area (Å²) < 4.78 is 0. The Morgan fingerprint density at radius 2 is 2.14 bits per heavy atom. The first kappa shape index (κ1) is 14.1. The van der Waals surface area contributed by atoms with E-state index >= 15 is 0 Å². The molecule has 2 aromatic rings. The van der Waals surface area contributed by atoms with Crippen LogP contribution in [0.2, 0.25) is 5.02 Å². The highest BCUT2D eigenvalue weighted by atomic mass is 35.5. The minimum Gasteiger partial charge on any atom is -0.356 e. The molecule has 1 atom stereocenters. The highest BCUT2D eigenvalue weighted by molar-refractivity contribution is 6.33. The third kappa shape index (κ3) is 3.45. The van der Waals surface area contributed by atoms with Crippen LogP contribution in [0.25, 0.3) is 0 Å². The van der Waals surface area contributed by atoms with Gasteiger partial charge in [0.15, 0.2) is 0 Å². The summed E-state index contributed by atoms with van der Waals surface area (Å²) in [6.45, 7) is 4.41. The zero-order valence-electron chi connectivity index (χ0n) is 12.1. The normalized spacial score (nSPS) is 18.6. The fourth-order valence-corrected chi connectivity index (χ4v) is 2.85. The quantitative estimate of drug-likeness (QED) is 0.926.